The molecule has 13 heavy (non-hydrogen) atoms. The second-order valence-electron chi connectivity index (χ2n) is 3.19. The van der Waals surface area contributed by atoms with E-state index in [-0.39, 0.29) is 0 Å². The first kappa shape index (κ1) is 11.1. The van der Waals surface area contributed by atoms with Crippen LogP contribution in [-0.4, -0.2) is 23.2 Å². The van der Waals surface area contributed by atoms with Gasteiger partial charge in [0.15, 0.2) is 0 Å². The molecule has 1 rings (SSSR count). The maximum atomic E-state index is 8.81. The third-order valence-electron chi connectivity index (χ3n) is 1.79. The zero-order valence-electron chi connectivity index (χ0n) is 7.90. The van der Waals surface area contributed by atoms with Gasteiger partial charge >= 0.3 is 0 Å². The van der Waals surface area contributed by atoms with E-state index < -0.39 is 0 Å². The summed E-state index contributed by atoms with van der Waals surface area (Å²) in [4.78, 5) is 1.46. The quantitative estimate of drug-likeness (QED) is 0.738. The molecule has 1 unspecified atom stereocenters. The third-order valence-corrected chi connectivity index (χ3v) is 4.02. The van der Waals surface area contributed by atoms with Crippen LogP contribution < -0.4 is 0 Å². The van der Waals surface area contributed by atoms with E-state index in [9.17, 15) is 0 Å². The largest absolute Gasteiger partial charge is 0.396 e. The fourth-order valence-electron chi connectivity index (χ4n) is 0.965. The van der Waals surface area contributed by atoms with Crippen molar-refractivity contribution in [1.82, 2.24) is 0 Å². The van der Waals surface area contributed by atoms with Gasteiger partial charge in [-0.15, -0.1) is 11.3 Å². The predicted molar refractivity (Wildman–Crippen MR) is 61.6 cm³/mol. The van der Waals surface area contributed by atoms with E-state index in [1.54, 1.807) is 0 Å². The van der Waals surface area contributed by atoms with Crippen molar-refractivity contribution in [2.24, 2.45) is 5.92 Å². The Kier molecular flexibility index (Phi) is 5.51. The van der Waals surface area contributed by atoms with Gasteiger partial charge in [0, 0.05) is 11.5 Å². The average Bonchev–Trinajstić information content (AvgIpc) is 2.64. The maximum absolute atomic E-state index is 8.81. The van der Waals surface area contributed by atoms with Crippen LogP contribution in [0.5, 0.6) is 0 Å². The fraction of sp³-hybridized carbons (Fsp3) is 0.600. The van der Waals surface area contributed by atoms with Gasteiger partial charge in [-0.2, -0.15) is 11.8 Å². The monoisotopic (exact) mass is 216 g/mol. The van der Waals surface area contributed by atoms with Crippen molar-refractivity contribution in [1.29, 1.82) is 0 Å². The minimum absolute atomic E-state index is 0.312. The first-order chi connectivity index (χ1) is 6.33. The highest BCUT2D eigenvalue weighted by Gasteiger charge is 2.00. The molecule has 0 bridgehead atoms. The zero-order valence-corrected chi connectivity index (χ0v) is 9.53. The molecule has 1 atom stereocenters. The molecule has 0 aromatic carbocycles. The normalized spacial score (nSPS) is 13.1. The number of aliphatic hydroxyl groups excluding tert-OH is 1. The first-order valence-electron chi connectivity index (χ1n) is 4.54. The van der Waals surface area contributed by atoms with Gasteiger partial charge in [-0.3, -0.25) is 0 Å². The Labute approximate surface area is 88.2 Å². The van der Waals surface area contributed by atoms with Crippen molar-refractivity contribution >= 4 is 23.1 Å². The van der Waals surface area contributed by atoms with Gasteiger partial charge in [-0.1, -0.05) is 13.0 Å². The lowest BCUT2D eigenvalue weighted by atomic mass is 10.2. The van der Waals surface area contributed by atoms with Crippen molar-refractivity contribution in [3.05, 3.63) is 22.4 Å². The molecule has 1 heterocycles. The van der Waals surface area contributed by atoms with E-state index in [1.807, 2.05) is 23.1 Å². The summed E-state index contributed by atoms with van der Waals surface area (Å²) in [6.07, 6.45) is 1.17. The average molecular weight is 216 g/mol. The molecule has 0 amide bonds. The van der Waals surface area contributed by atoms with E-state index in [0.29, 0.717) is 12.5 Å². The Hall–Kier alpha value is 0.01000. The number of hydrogen-bond donors (Lipinski definition) is 1. The van der Waals surface area contributed by atoms with Crippen LogP contribution in [0.2, 0.25) is 0 Å². The Balaban J connectivity index is 2.02. The van der Waals surface area contributed by atoms with Crippen LogP contribution in [0.15, 0.2) is 17.5 Å². The Bertz CT molecular complexity index is 209. The summed E-state index contributed by atoms with van der Waals surface area (Å²) in [5.74, 6) is 2.68. The third kappa shape index (κ3) is 4.69. The van der Waals surface area contributed by atoms with Gasteiger partial charge in [-0.25, -0.2) is 0 Å². The molecule has 3 heteroatoms. The number of thioether (sulfide) groups is 1. The van der Waals surface area contributed by atoms with Crippen LogP contribution in [0.1, 0.15) is 11.8 Å². The highest BCUT2D eigenvalue weighted by molar-refractivity contribution is 7.99. The number of thiophene rings is 1. The topological polar surface area (TPSA) is 20.2 Å². The van der Waals surface area contributed by atoms with Crippen LogP contribution in [0, 0.1) is 5.92 Å². The second kappa shape index (κ2) is 6.46. The van der Waals surface area contributed by atoms with E-state index in [0.717, 1.165) is 5.75 Å². The highest BCUT2D eigenvalue weighted by atomic mass is 32.2. The van der Waals surface area contributed by atoms with Crippen LogP contribution in [0.4, 0.5) is 0 Å². The smallest absolute Gasteiger partial charge is 0.0464 e. The lowest BCUT2D eigenvalue weighted by molar-refractivity contribution is 0.250. The van der Waals surface area contributed by atoms with Crippen LogP contribution in [-0.2, 0) is 6.42 Å². The summed E-state index contributed by atoms with van der Waals surface area (Å²) < 4.78 is 0. The van der Waals surface area contributed by atoms with Gasteiger partial charge in [-0.05, 0) is 35.3 Å². The molecule has 0 saturated carbocycles. The number of rotatable bonds is 6. The minimum Gasteiger partial charge on any atom is -0.396 e. The van der Waals surface area contributed by atoms with Crippen molar-refractivity contribution < 1.29 is 5.11 Å². The lowest BCUT2D eigenvalue weighted by Gasteiger charge is -2.05. The molecule has 1 aromatic heterocycles. The van der Waals surface area contributed by atoms with Crippen molar-refractivity contribution in [2.75, 3.05) is 18.1 Å². The molecular formula is C10H16OS2. The molecule has 74 valence electrons. The van der Waals surface area contributed by atoms with Crippen LogP contribution >= 0.6 is 23.1 Å². The molecule has 0 fully saturated rings. The van der Waals surface area contributed by atoms with Crippen molar-refractivity contribution in [2.45, 2.75) is 13.3 Å². The number of hydrogen-bond acceptors (Lipinski definition) is 3. The summed E-state index contributed by atoms with van der Waals surface area (Å²) >= 11 is 3.76. The Morgan fingerprint density at radius 3 is 3.08 bits per heavy atom. The summed E-state index contributed by atoms with van der Waals surface area (Å²) in [7, 11) is 0. The molecule has 0 radical (unpaired) electrons. The molecule has 1 aromatic rings. The molecule has 1 nitrogen and oxygen atoms in total. The lowest BCUT2D eigenvalue weighted by Crippen LogP contribution is -2.04. The van der Waals surface area contributed by atoms with Crippen molar-refractivity contribution in [3.8, 4) is 0 Å². The van der Waals surface area contributed by atoms with Crippen LogP contribution in [0.3, 0.4) is 0 Å². The van der Waals surface area contributed by atoms with Gasteiger partial charge in [0.25, 0.3) is 0 Å². The van der Waals surface area contributed by atoms with E-state index in [4.69, 9.17) is 5.11 Å². The van der Waals surface area contributed by atoms with Gasteiger partial charge < -0.3 is 5.11 Å². The number of aliphatic hydroxyl groups is 1. The van der Waals surface area contributed by atoms with E-state index in [1.165, 1.54) is 17.1 Å². The zero-order chi connectivity index (χ0) is 9.52. The maximum Gasteiger partial charge on any atom is 0.0464 e. The van der Waals surface area contributed by atoms with Crippen molar-refractivity contribution in [3.63, 3.8) is 0 Å². The SMILES string of the molecule is CC(CO)CSCCc1cccs1. The summed E-state index contributed by atoms with van der Waals surface area (Å²) in [5.41, 5.74) is 0. The summed E-state index contributed by atoms with van der Waals surface area (Å²) in [6.45, 7) is 2.39. The molecule has 0 saturated heterocycles. The standard InChI is InChI=1S/C10H16OS2/c1-9(7-11)8-12-6-4-10-3-2-5-13-10/h2-3,5,9,11H,4,6-8H2,1H3. The molecule has 0 aliphatic carbocycles. The summed E-state index contributed by atoms with van der Waals surface area (Å²) in [6, 6.07) is 4.28. The van der Waals surface area contributed by atoms with E-state index in [2.05, 4.69) is 24.4 Å². The summed E-state index contributed by atoms with van der Waals surface area (Å²) in [5, 5.41) is 10.9. The second-order valence-corrected chi connectivity index (χ2v) is 5.37. The first-order valence-corrected chi connectivity index (χ1v) is 6.57. The van der Waals surface area contributed by atoms with Crippen LogP contribution in [0.25, 0.3) is 0 Å². The molecular weight excluding hydrogens is 200 g/mol. The Morgan fingerprint density at radius 1 is 1.62 bits per heavy atom. The Morgan fingerprint density at radius 2 is 2.46 bits per heavy atom. The van der Waals surface area contributed by atoms with Gasteiger partial charge in [0.1, 0.15) is 0 Å². The predicted octanol–water partition coefficient (Wildman–Crippen LogP) is 2.65. The molecule has 0 spiro atoms. The van der Waals surface area contributed by atoms with Gasteiger partial charge in [0.05, 0.1) is 0 Å². The van der Waals surface area contributed by atoms with Gasteiger partial charge in [0.2, 0.25) is 0 Å². The molecule has 0 aliphatic heterocycles. The fourth-order valence-corrected chi connectivity index (χ4v) is 2.84. The minimum atomic E-state index is 0.312. The highest BCUT2D eigenvalue weighted by Crippen LogP contribution is 2.14. The molecule has 0 aliphatic rings. The molecule has 1 N–H and O–H groups in total. The van der Waals surface area contributed by atoms with E-state index >= 15 is 0 Å². The number of aryl methyl sites for hydroxylation is 1.